The highest BCUT2D eigenvalue weighted by Crippen LogP contribution is 2.23. The van der Waals surface area contributed by atoms with Crippen molar-refractivity contribution >= 4 is 46.8 Å². The third-order valence-electron chi connectivity index (χ3n) is 5.84. The minimum absolute atomic E-state index is 0.0349. The molecule has 0 heterocycles. The molecule has 0 aliphatic heterocycles. The van der Waals surface area contributed by atoms with Gasteiger partial charge in [0.05, 0.1) is 0 Å². The van der Waals surface area contributed by atoms with E-state index in [2.05, 4.69) is 19.2 Å². The van der Waals surface area contributed by atoms with E-state index in [0.717, 1.165) is 21.8 Å². The maximum Gasteiger partial charge on any atom is 0.243 e. The lowest BCUT2D eigenvalue weighted by Gasteiger charge is -2.32. The largest absolute Gasteiger partial charge is 0.354 e. The molecule has 0 aliphatic carbocycles. The van der Waals surface area contributed by atoms with Crippen LogP contribution in [0.1, 0.15) is 37.8 Å². The van der Waals surface area contributed by atoms with Gasteiger partial charge >= 0.3 is 0 Å². The Bertz CT molecular complexity index is 1120. The van der Waals surface area contributed by atoms with Gasteiger partial charge in [-0.25, -0.2) is 0 Å². The maximum absolute atomic E-state index is 13.6. The summed E-state index contributed by atoms with van der Waals surface area (Å²) in [5.41, 5.74) is 1.95. The van der Waals surface area contributed by atoms with Crippen LogP contribution in [0.2, 0.25) is 10.0 Å². The predicted octanol–water partition coefficient (Wildman–Crippen LogP) is 7.28. The van der Waals surface area contributed by atoms with Crippen LogP contribution < -0.4 is 5.32 Å². The van der Waals surface area contributed by atoms with Crippen molar-refractivity contribution in [1.82, 2.24) is 10.2 Å². The Balaban J connectivity index is 1.77. The van der Waals surface area contributed by atoms with Gasteiger partial charge in [-0.1, -0.05) is 79.5 Å². The van der Waals surface area contributed by atoms with Gasteiger partial charge in [-0.3, -0.25) is 9.59 Å². The van der Waals surface area contributed by atoms with Crippen LogP contribution in [0, 0.1) is 5.92 Å². The maximum atomic E-state index is 13.6. The zero-order valence-corrected chi connectivity index (χ0v) is 23.7. The molecule has 0 spiro atoms. The summed E-state index contributed by atoms with van der Waals surface area (Å²) in [6.07, 6.45) is 1.51. The van der Waals surface area contributed by atoms with Gasteiger partial charge in [-0.2, -0.15) is 0 Å². The average Bonchev–Trinajstić information content (AvgIpc) is 2.89. The van der Waals surface area contributed by atoms with Crippen LogP contribution in [0.5, 0.6) is 0 Å². The zero-order chi connectivity index (χ0) is 26.6. The Morgan fingerprint density at radius 2 is 1.49 bits per heavy atom. The SMILES string of the molecule is CC(C)CNC(=O)[C@H](Cc1ccccc1)N(Cc1ccc(Cl)cc1)C(=O)CCCSc1ccc(Cl)cc1. The number of carbonyl (C=O) groups is 2. The quantitative estimate of drug-likeness (QED) is 0.178. The Hall–Kier alpha value is -2.47. The van der Waals surface area contributed by atoms with E-state index in [0.29, 0.717) is 48.3 Å². The summed E-state index contributed by atoms with van der Waals surface area (Å²) in [5.74, 6) is 0.944. The fourth-order valence-electron chi connectivity index (χ4n) is 3.85. The summed E-state index contributed by atoms with van der Waals surface area (Å²) in [6.45, 7) is 5.01. The molecule has 0 aromatic heterocycles. The number of benzene rings is 3. The second-order valence-corrected chi connectivity index (χ2v) is 11.4. The number of thioether (sulfide) groups is 1. The molecule has 0 radical (unpaired) electrons. The Morgan fingerprint density at radius 3 is 2.11 bits per heavy atom. The molecule has 7 heteroatoms. The summed E-state index contributed by atoms with van der Waals surface area (Å²) in [6, 6.07) is 24.4. The van der Waals surface area contributed by atoms with E-state index >= 15 is 0 Å². The van der Waals surface area contributed by atoms with E-state index < -0.39 is 6.04 Å². The normalized spacial score (nSPS) is 11.8. The molecule has 196 valence electrons. The highest BCUT2D eigenvalue weighted by atomic mass is 35.5. The molecule has 1 atom stereocenters. The lowest BCUT2D eigenvalue weighted by Crippen LogP contribution is -2.51. The van der Waals surface area contributed by atoms with Crippen molar-refractivity contribution in [1.29, 1.82) is 0 Å². The van der Waals surface area contributed by atoms with E-state index in [-0.39, 0.29) is 11.8 Å². The third-order valence-corrected chi connectivity index (χ3v) is 7.44. The highest BCUT2D eigenvalue weighted by Gasteiger charge is 2.30. The summed E-state index contributed by atoms with van der Waals surface area (Å²) < 4.78 is 0. The first-order chi connectivity index (χ1) is 17.8. The molecular weight excluding hydrogens is 523 g/mol. The monoisotopic (exact) mass is 556 g/mol. The Morgan fingerprint density at radius 1 is 0.865 bits per heavy atom. The molecule has 3 aromatic carbocycles. The minimum Gasteiger partial charge on any atom is -0.354 e. The number of nitrogens with zero attached hydrogens (tertiary/aromatic N) is 1. The molecule has 0 bridgehead atoms. The van der Waals surface area contributed by atoms with Crippen molar-refractivity contribution in [3.8, 4) is 0 Å². The molecule has 3 aromatic rings. The smallest absolute Gasteiger partial charge is 0.243 e. The van der Waals surface area contributed by atoms with Crippen molar-refractivity contribution in [2.75, 3.05) is 12.3 Å². The molecule has 3 rings (SSSR count). The van der Waals surface area contributed by atoms with Gasteiger partial charge in [-0.15, -0.1) is 11.8 Å². The summed E-state index contributed by atoms with van der Waals surface area (Å²) in [5, 5.41) is 4.40. The number of carbonyl (C=O) groups excluding carboxylic acids is 2. The minimum atomic E-state index is -0.617. The molecular formula is C30H34Cl2N2O2S. The number of hydrogen-bond acceptors (Lipinski definition) is 3. The van der Waals surface area contributed by atoms with E-state index in [9.17, 15) is 9.59 Å². The van der Waals surface area contributed by atoms with Gasteiger partial charge < -0.3 is 10.2 Å². The van der Waals surface area contributed by atoms with Gasteiger partial charge in [0.1, 0.15) is 6.04 Å². The first-order valence-electron chi connectivity index (χ1n) is 12.6. The fraction of sp³-hybridized carbons (Fsp3) is 0.333. The van der Waals surface area contributed by atoms with Crippen LogP contribution in [0.15, 0.2) is 83.8 Å². The van der Waals surface area contributed by atoms with Crippen molar-refractivity contribution < 1.29 is 9.59 Å². The predicted molar refractivity (Wildman–Crippen MR) is 155 cm³/mol. The first kappa shape index (κ1) is 29.1. The molecule has 0 aliphatic rings. The van der Waals surface area contributed by atoms with Crippen molar-refractivity contribution in [3.63, 3.8) is 0 Å². The van der Waals surface area contributed by atoms with Crippen LogP contribution in [-0.4, -0.2) is 35.1 Å². The van der Waals surface area contributed by atoms with Gasteiger partial charge in [0.25, 0.3) is 0 Å². The second kappa shape index (κ2) is 15.1. The van der Waals surface area contributed by atoms with E-state index in [4.69, 9.17) is 23.2 Å². The topological polar surface area (TPSA) is 49.4 Å². The van der Waals surface area contributed by atoms with Crippen molar-refractivity contribution in [2.45, 2.75) is 50.6 Å². The summed E-state index contributed by atoms with van der Waals surface area (Å²) in [7, 11) is 0. The van der Waals surface area contributed by atoms with Gasteiger partial charge in [0, 0.05) is 40.9 Å². The van der Waals surface area contributed by atoms with E-state index in [1.807, 2.05) is 78.9 Å². The molecule has 0 unspecified atom stereocenters. The van der Waals surface area contributed by atoms with Gasteiger partial charge in [0.2, 0.25) is 11.8 Å². The lowest BCUT2D eigenvalue weighted by atomic mass is 10.0. The van der Waals surface area contributed by atoms with Crippen molar-refractivity contribution in [3.05, 3.63) is 100 Å². The van der Waals surface area contributed by atoms with E-state index in [1.54, 1.807) is 16.7 Å². The third kappa shape index (κ3) is 10.1. The van der Waals surface area contributed by atoms with Crippen LogP contribution in [0.25, 0.3) is 0 Å². The molecule has 0 saturated heterocycles. The summed E-state index contributed by atoms with van der Waals surface area (Å²) >= 11 is 13.8. The number of nitrogens with one attached hydrogen (secondary N) is 1. The standard InChI is InChI=1S/C30H34Cl2N2O2S/c1-22(2)20-33-30(36)28(19-23-7-4-3-5-8-23)34(21-24-10-12-25(31)13-11-24)29(35)9-6-18-37-27-16-14-26(32)15-17-27/h3-5,7-8,10-17,22,28H,6,9,18-21H2,1-2H3,(H,33,36)/t28-/m0/s1. The van der Waals surface area contributed by atoms with Gasteiger partial charge in [-0.05, 0) is 65.6 Å². The number of rotatable bonds is 13. The number of amides is 2. The molecule has 0 saturated carbocycles. The van der Waals surface area contributed by atoms with E-state index in [1.165, 1.54) is 0 Å². The fourth-order valence-corrected chi connectivity index (χ4v) is 4.96. The Kier molecular flexibility index (Phi) is 11.8. The first-order valence-corrected chi connectivity index (χ1v) is 14.3. The lowest BCUT2D eigenvalue weighted by molar-refractivity contribution is -0.141. The number of hydrogen-bond donors (Lipinski definition) is 1. The second-order valence-electron chi connectivity index (χ2n) is 9.40. The molecule has 2 amide bonds. The van der Waals surface area contributed by atoms with Gasteiger partial charge in [0.15, 0.2) is 0 Å². The van der Waals surface area contributed by atoms with Crippen LogP contribution in [-0.2, 0) is 22.6 Å². The molecule has 37 heavy (non-hydrogen) atoms. The van der Waals surface area contributed by atoms with Crippen molar-refractivity contribution in [2.24, 2.45) is 5.92 Å². The molecule has 1 N–H and O–H groups in total. The molecule has 0 fully saturated rings. The Labute approximate surface area is 234 Å². The van der Waals surface area contributed by atoms with Crippen LogP contribution >= 0.6 is 35.0 Å². The number of halogens is 2. The van der Waals surface area contributed by atoms with Crippen LogP contribution in [0.3, 0.4) is 0 Å². The molecule has 4 nitrogen and oxygen atoms in total. The van der Waals surface area contributed by atoms with Crippen LogP contribution in [0.4, 0.5) is 0 Å². The summed E-state index contributed by atoms with van der Waals surface area (Å²) in [4.78, 5) is 29.9. The highest BCUT2D eigenvalue weighted by molar-refractivity contribution is 7.99. The average molecular weight is 558 g/mol. The zero-order valence-electron chi connectivity index (χ0n) is 21.3.